The first-order valence-corrected chi connectivity index (χ1v) is 12.5. The van der Waals surface area contributed by atoms with Gasteiger partial charge in [-0.1, -0.05) is 48.3 Å². The topological polar surface area (TPSA) is 77.7 Å². The molecule has 190 valence electrons. The van der Waals surface area contributed by atoms with E-state index in [0.717, 1.165) is 29.0 Å². The van der Waals surface area contributed by atoms with Crippen LogP contribution in [-0.2, 0) is 4.79 Å². The Morgan fingerprint density at radius 2 is 1.86 bits per heavy atom. The van der Waals surface area contributed by atoms with Gasteiger partial charge in [0.05, 0.1) is 23.5 Å². The van der Waals surface area contributed by atoms with Crippen molar-refractivity contribution in [2.24, 2.45) is 5.10 Å². The van der Waals surface area contributed by atoms with Crippen molar-refractivity contribution in [1.29, 1.82) is 0 Å². The summed E-state index contributed by atoms with van der Waals surface area (Å²) in [5, 5.41) is 9.72. The van der Waals surface area contributed by atoms with Crippen molar-refractivity contribution in [2.75, 3.05) is 6.61 Å². The Kier molecular flexibility index (Phi) is 8.82. The molecule has 37 heavy (non-hydrogen) atoms. The van der Waals surface area contributed by atoms with Crippen LogP contribution in [0.4, 0.5) is 0 Å². The molecule has 0 saturated heterocycles. The third kappa shape index (κ3) is 6.90. The monoisotopic (exact) mass is 536 g/mol. The molecule has 0 aliphatic heterocycles. The zero-order valence-electron chi connectivity index (χ0n) is 20.4. The number of nitrogens with one attached hydrogen (secondary N) is 1. The number of hydrogen-bond acceptors (Lipinski definition) is 5. The summed E-state index contributed by atoms with van der Waals surface area (Å²) in [6, 6.07) is 22.3. The number of halogens is 2. The summed E-state index contributed by atoms with van der Waals surface area (Å²) in [6.45, 7) is 4.33. The predicted octanol–water partition coefficient (Wildman–Crippen LogP) is 6.55. The maximum atomic E-state index is 12.6. The number of aromatic nitrogens is 2. The Labute approximate surface area is 225 Å². The number of hydrazone groups is 1. The third-order valence-corrected chi connectivity index (χ3v) is 5.84. The summed E-state index contributed by atoms with van der Waals surface area (Å²) < 4.78 is 13.1. The van der Waals surface area contributed by atoms with Crippen LogP contribution in [0.5, 0.6) is 11.5 Å². The highest BCUT2D eigenvalue weighted by atomic mass is 35.5. The Bertz CT molecular complexity index is 1370. The molecule has 0 unspecified atom stereocenters. The highest BCUT2D eigenvalue weighted by Gasteiger charge is 2.16. The van der Waals surface area contributed by atoms with Crippen molar-refractivity contribution < 1.29 is 14.3 Å². The van der Waals surface area contributed by atoms with Crippen LogP contribution in [0.2, 0.25) is 10.0 Å². The quantitative estimate of drug-likeness (QED) is 0.184. The van der Waals surface area contributed by atoms with Crippen molar-refractivity contribution in [3.05, 3.63) is 94.6 Å². The van der Waals surface area contributed by atoms with E-state index >= 15 is 0 Å². The molecule has 7 nitrogen and oxygen atoms in total. The number of carbonyl (C=O) groups is 1. The van der Waals surface area contributed by atoms with Gasteiger partial charge in [-0.05, 0) is 67.9 Å². The molecule has 1 heterocycles. The fourth-order valence-electron chi connectivity index (χ4n) is 3.42. The van der Waals surface area contributed by atoms with Gasteiger partial charge in [-0.25, -0.2) is 10.1 Å². The van der Waals surface area contributed by atoms with E-state index in [-0.39, 0.29) is 0 Å². The second-order valence-electron chi connectivity index (χ2n) is 8.16. The molecule has 1 aromatic heterocycles. The Morgan fingerprint density at radius 3 is 2.57 bits per heavy atom. The van der Waals surface area contributed by atoms with Crippen molar-refractivity contribution >= 4 is 35.3 Å². The first kappa shape index (κ1) is 26.3. The van der Waals surface area contributed by atoms with E-state index < -0.39 is 12.0 Å². The molecule has 0 spiro atoms. The van der Waals surface area contributed by atoms with Crippen LogP contribution >= 0.6 is 23.2 Å². The first-order chi connectivity index (χ1) is 17.9. The molecule has 0 aliphatic carbocycles. The molecule has 9 heteroatoms. The normalized spacial score (nSPS) is 11.9. The smallest absolute Gasteiger partial charge is 0.280 e. The average Bonchev–Trinajstić information content (AvgIpc) is 3.34. The van der Waals surface area contributed by atoms with Gasteiger partial charge in [0.25, 0.3) is 5.91 Å². The minimum Gasteiger partial charge on any atom is -0.494 e. The van der Waals surface area contributed by atoms with Gasteiger partial charge in [0.1, 0.15) is 17.2 Å². The van der Waals surface area contributed by atoms with E-state index in [1.165, 1.54) is 0 Å². The Morgan fingerprint density at radius 1 is 1.11 bits per heavy atom. The summed E-state index contributed by atoms with van der Waals surface area (Å²) in [5.74, 6) is 0.720. The molecular formula is C28H26Cl2N4O3. The highest BCUT2D eigenvalue weighted by Crippen LogP contribution is 2.28. The van der Waals surface area contributed by atoms with Crippen molar-refractivity contribution in [1.82, 2.24) is 15.2 Å². The van der Waals surface area contributed by atoms with E-state index in [2.05, 4.69) is 17.5 Å². The van der Waals surface area contributed by atoms with E-state index in [1.807, 2.05) is 60.8 Å². The first-order valence-electron chi connectivity index (χ1n) is 11.8. The molecular weight excluding hydrogens is 511 g/mol. The number of amides is 1. The number of ether oxygens (including phenoxy) is 2. The number of carbonyl (C=O) groups excluding carboxylic acids is 1. The SMILES string of the molecule is CCCOc1ccc(-c2nn(-c3ccccc3)cc2/C=N\NC(=O)[C@H](C)Oc2ccc(Cl)cc2Cl)cc1. The maximum Gasteiger partial charge on any atom is 0.280 e. The molecule has 0 saturated carbocycles. The zero-order chi connectivity index (χ0) is 26.2. The molecule has 0 aliphatic rings. The molecule has 1 atom stereocenters. The van der Waals surface area contributed by atoms with Gasteiger partial charge in [0.2, 0.25) is 0 Å². The number of benzene rings is 3. The Balaban J connectivity index is 1.52. The molecule has 1 N–H and O–H groups in total. The summed E-state index contributed by atoms with van der Waals surface area (Å²) in [5.41, 5.74) is 5.74. The largest absolute Gasteiger partial charge is 0.494 e. The molecule has 3 aromatic carbocycles. The molecule has 0 fully saturated rings. The standard InChI is InChI=1S/C28H26Cl2N4O3/c1-3-15-36-24-12-9-20(10-13-24)27-21(18-34(33-27)23-7-5-4-6-8-23)17-31-32-28(35)19(2)37-26-14-11-22(29)16-25(26)30/h4-14,16-19H,3,15H2,1-2H3,(H,32,35)/b31-17-/t19-/m0/s1. The zero-order valence-corrected chi connectivity index (χ0v) is 21.9. The molecule has 0 radical (unpaired) electrons. The summed E-state index contributed by atoms with van der Waals surface area (Å²) in [4.78, 5) is 12.6. The Hall–Kier alpha value is -3.81. The van der Waals surface area contributed by atoms with Gasteiger partial charge in [-0.3, -0.25) is 4.79 Å². The lowest BCUT2D eigenvalue weighted by Crippen LogP contribution is -2.33. The van der Waals surface area contributed by atoms with Crippen LogP contribution < -0.4 is 14.9 Å². The van der Waals surface area contributed by atoms with Gasteiger partial charge in [-0.2, -0.15) is 10.2 Å². The lowest BCUT2D eigenvalue weighted by molar-refractivity contribution is -0.127. The van der Waals surface area contributed by atoms with Crippen molar-refractivity contribution in [3.8, 4) is 28.4 Å². The summed E-state index contributed by atoms with van der Waals surface area (Å²) in [7, 11) is 0. The van der Waals surface area contributed by atoms with Gasteiger partial charge in [0, 0.05) is 22.3 Å². The fraction of sp³-hybridized carbons (Fsp3) is 0.179. The maximum absolute atomic E-state index is 12.6. The minimum absolute atomic E-state index is 0.319. The van der Waals surface area contributed by atoms with Crippen LogP contribution in [0.25, 0.3) is 16.9 Å². The van der Waals surface area contributed by atoms with Crippen LogP contribution in [0.3, 0.4) is 0 Å². The lowest BCUT2D eigenvalue weighted by atomic mass is 10.1. The summed E-state index contributed by atoms with van der Waals surface area (Å²) in [6.07, 6.45) is 3.52. The van der Waals surface area contributed by atoms with Gasteiger partial charge in [0.15, 0.2) is 6.10 Å². The molecule has 4 aromatic rings. The molecule has 1 amide bonds. The van der Waals surface area contributed by atoms with E-state index in [4.69, 9.17) is 37.8 Å². The fourth-order valence-corrected chi connectivity index (χ4v) is 3.87. The summed E-state index contributed by atoms with van der Waals surface area (Å²) >= 11 is 12.1. The van der Waals surface area contributed by atoms with Crippen molar-refractivity contribution in [3.63, 3.8) is 0 Å². The van der Waals surface area contributed by atoms with Crippen LogP contribution in [-0.4, -0.2) is 34.6 Å². The number of para-hydroxylation sites is 1. The van der Waals surface area contributed by atoms with E-state index in [9.17, 15) is 4.79 Å². The van der Waals surface area contributed by atoms with Crippen LogP contribution in [0, 0.1) is 0 Å². The van der Waals surface area contributed by atoms with Crippen LogP contribution in [0.1, 0.15) is 25.8 Å². The van der Waals surface area contributed by atoms with E-state index in [0.29, 0.717) is 28.1 Å². The van der Waals surface area contributed by atoms with Crippen molar-refractivity contribution in [2.45, 2.75) is 26.4 Å². The molecule has 0 bridgehead atoms. The molecule has 4 rings (SSSR count). The van der Waals surface area contributed by atoms with Gasteiger partial charge >= 0.3 is 0 Å². The number of hydrogen-bond donors (Lipinski definition) is 1. The third-order valence-electron chi connectivity index (χ3n) is 5.31. The van der Waals surface area contributed by atoms with E-state index in [1.54, 1.807) is 36.0 Å². The second kappa shape index (κ2) is 12.4. The van der Waals surface area contributed by atoms with Gasteiger partial charge < -0.3 is 9.47 Å². The predicted molar refractivity (Wildman–Crippen MR) is 147 cm³/mol. The lowest BCUT2D eigenvalue weighted by Gasteiger charge is -2.14. The average molecular weight is 537 g/mol. The highest BCUT2D eigenvalue weighted by molar-refractivity contribution is 6.35. The number of rotatable bonds is 10. The minimum atomic E-state index is -0.835. The number of nitrogens with zero attached hydrogens (tertiary/aromatic N) is 3. The van der Waals surface area contributed by atoms with Gasteiger partial charge in [-0.15, -0.1) is 0 Å². The van der Waals surface area contributed by atoms with Crippen LogP contribution in [0.15, 0.2) is 84.1 Å². The second-order valence-corrected chi connectivity index (χ2v) is 9.00.